The molecule has 1 aliphatic rings. The highest BCUT2D eigenvalue weighted by molar-refractivity contribution is 5.45. The first-order valence-electron chi connectivity index (χ1n) is 14.2. The summed E-state index contributed by atoms with van der Waals surface area (Å²) in [5.74, 6) is -0.147. The Kier molecular flexibility index (Phi) is 10.0. The standard InChI is InChI=1S/C34H37NO7/c1-38-32-21-28(14-15-31(32)39-23-26-9-4-2-5-10-26)34(42-25-29-22-30(37)16-17-35(29)18-19-36)33(13-8-20-41-34)40-24-27-11-6-3-7-12-27/h2-7,9-12,14-17,21-22,33,36H,8,13,18-20,23-25H2,1H3. The van der Waals surface area contributed by atoms with E-state index in [1.54, 1.807) is 17.9 Å². The predicted molar refractivity (Wildman–Crippen MR) is 158 cm³/mol. The first-order valence-corrected chi connectivity index (χ1v) is 14.2. The molecule has 1 fully saturated rings. The van der Waals surface area contributed by atoms with Crippen LogP contribution >= 0.6 is 0 Å². The molecule has 0 saturated carbocycles. The van der Waals surface area contributed by atoms with E-state index in [9.17, 15) is 9.90 Å². The molecule has 3 aromatic carbocycles. The van der Waals surface area contributed by atoms with Crippen LogP contribution in [0.3, 0.4) is 0 Å². The molecule has 42 heavy (non-hydrogen) atoms. The van der Waals surface area contributed by atoms with Gasteiger partial charge in [-0.3, -0.25) is 4.79 Å². The van der Waals surface area contributed by atoms with Crippen LogP contribution in [0, 0.1) is 0 Å². The van der Waals surface area contributed by atoms with E-state index >= 15 is 0 Å². The fourth-order valence-corrected chi connectivity index (χ4v) is 5.15. The Hall–Kier alpha value is -3.95. The van der Waals surface area contributed by atoms with Gasteiger partial charge in [0.25, 0.3) is 0 Å². The van der Waals surface area contributed by atoms with Crippen LogP contribution in [0.5, 0.6) is 11.5 Å². The smallest absolute Gasteiger partial charge is 0.222 e. The third kappa shape index (κ3) is 7.09. The second-order valence-corrected chi connectivity index (χ2v) is 10.1. The second kappa shape index (κ2) is 14.3. The van der Waals surface area contributed by atoms with E-state index in [0.717, 1.165) is 23.1 Å². The number of ether oxygens (including phenoxy) is 5. The SMILES string of the molecule is COc1cc(C2(OCc3cc(=O)ccn3CCO)OCCCC2OCc2ccccc2)ccc1OCc1ccccc1. The number of hydrogen-bond donors (Lipinski definition) is 1. The van der Waals surface area contributed by atoms with Crippen LogP contribution in [0.1, 0.15) is 35.2 Å². The molecule has 0 spiro atoms. The first kappa shape index (κ1) is 29.5. The molecule has 1 aromatic heterocycles. The molecule has 220 valence electrons. The number of pyridine rings is 1. The summed E-state index contributed by atoms with van der Waals surface area (Å²) in [6.07, 6.45) is 2.73. The summed E-state index contributed by atoms with van der Waals surface area (Å²) in [4.78, 5) is 12.2. The highest BCUT2D eigenvalue weighted by Crippen LogP contribution is 2.43. The molecule has 0 amide bonds. The number of aromatic nitrogens is 1. The number of hydrogen-bond acceptors (Lipinski definition) is 7. The number of methoxy groups -OCH3 is 1. The van der Waals surface area contributed by atoms with Crippen molar-refractivity contribution in [1.29, 1.82) is 0 Å². The van der Waals surface area contributed by atoms with Gasteiger partial charge in [-0.1, -0.05) is 60.7 Å². The minimum absolute atomic E-state index is 0.0653. The number of rotatable bonds is 13. The Labute approximate surface area is 246 Å². The van der Waals surface area contributed by atoms with Gasteiger partial charge in [-0.15, -0.1) is 0 Å². The maximum Gasteiger partial charge on any atom is 0.222 e. The molecule has 2 heterocycles. The largest absolute Gasteiger partial charge is 0.493 e. The molecule has 2 unspecified atom stereocenters. The Bertz CT molecular complexity index is 1470. The molecule has 2 atom stereocenters. The number of aliphatic hydroxyl groups excluding tert-OH is 1. The Balaban J connectivity index is 1.47. The van der Waals surface area contributed by atoms with Crippen molar-refractivity contribution < 1.29 is 28.8 Å². The van der Waals surface area contributed by atoms with E-state index < -0.39 is 11.9 Å². The van der Waals surface area contributed by atoms with Crippen LogP contribution < -0.4 is 14.9 Å². The Morgan fingerprint density at radius 2 is 1.64 bits per heavy atom. The van der Waals surface area contributed by atoms with Crippen molar-refractivity contribution in [3.05, 3.63) is 130 Å². The summed E-state index contributed by atoms with van der Waals surface area (Å²) in [5, 5.41) is 9.57. The maximum absolute atomic E-state index is 12.2. The van der Waals surface area contributed by atoms with Gasteiger partial charge < -0.3 is 33.4 Å². The highest BCUT2D eigenvalue weighted by Gasteiger charge is 2.47. The van der Waals surface area contributed by atoms with E-state index in [1.165, 1.54) is 12.1 Å². The molecule has 8 nitrogen and oxygen atoms in total. The Morgan fingerprint density at radius 1 is 0.905 bits per heavy atom. The lowest BCUT2D eigenvalue weighted by Gasteiger charge is -2.43. The van der Waals surface area contributed by atoms with Gasteiger partial charge in [0, 0.05) is 36.1 Å². The lowest BCUT2D eigenvalue weighted by atomic mass is 9.93. The van der Waals surface area contributed by atoms with Gasteiger partial charge in [0.1, 0.15) is 12.7 Å². The molecule has 0 aliphatic carbocycles. The van der Waals surface area contributed by atoms with Crippen LogP contribution in [0.2, 0.25) is 0 Å². The number of benzene rings is 3. The molecule has 1 N–H and O–H groups in total. The van der Waals surface area contributed by atoms with Gasteiger partial charge in [-0.25, -0.2) is 0 Å². The summed E-state index contributed by atoms with van der Waals surface area (Å²) in [5.41, 5.74) is 3.29. The van der Waals surface area contributed by atoms with Crippen molar-refractivity contribution in [1.82, 2.24) is 4.57 Å². The summed E-state index contributed by atoms with van der Waals surface area (Å²) < 4.78 is 33.3. The molecule has 8 heteroatoms. The molecule has 1 aliphatic heterocycles. The molecular weight excluding hydrogens is 534 g/mol. The van der Waals surface area contributed by atoms with Gasteiger partial charge >= 0.3 is 0 Å². The maximum atomic E-state index is 12.2. The van der Waals surface area contributed by atoms with Gasteiger partial charge in [-0.05, 0) is 42.2 Å². The lowest BCUT2D eigenvalue weighted by Crippen LogP contribution is -2.49. The third-order valence-corrected chi connectivity index (χ3v) is 7.32. The topological polar surface area (TPSA) is 88.4 Å². The monoisotopic (exact) mass is 571 g/mol. The van der Waals surface area contributed by atoms with Crippen LogP contribution in [-0.4, -0.2) is 36.1 Å². The van der Waals surface area contributed by atoms with Gasteiger partial charge in [0.15, 0.2) is 16.9 Å². The van der Waals surface area contributed by atoms with E-state index in [0.29, 0.717) is 50.0 Å². The van der Waals surface area contributed by atoms with Crippen LogP contribution in [-0.2, 0) is 46.4 Å². The highest BCUT2D eigenvalue weighted by atomic mass is 16.7. The Morgan fingerprint density at radius 3 is 2.36 bits per heavy atom. The van der Waals surface area contributed by atoms with E-state index in [-0.39, 0.29) is 18.6 Å². The van der Waals surface area contributed by atoms with Crippen molar-refractivity contribution in [2.45, 2.75) is 51.1 Å². The minimum Gasteiger partial charge on any atom is -0.493 e. The predicted octanol–water partition coefficient (Wildman–Crippen LogP) is 5.19. The molecule has 0 bridgehead atoms. The quantitative estimate of drug-likeness (QED) is 0.236. The third-order valence-electron chi connectivity index (χ3n) is 7.32. The zero-order chi connectivity index (χ0) is 29.2. The molecule has 0 radical (unpaired) electrons. The molecule has 4 aromatic rings. The molecule has 5 rings (SSSR count). The summed E-state index contributed by atoms with van der Waals surface area (Å²) in [7, 11) is 1.60. The van der Waals surface area contributed by atoms with Gasteiger partial charge in [0.05, 0.1) is 33.5 Å². The van der Waals surface area contributed by atoms with E-state index in [1.807, 2.05) is 78.9 Å². The number of aliphatic hydroxyl groups is 1. The zero-order valence-electron chi connectivity index (χ0n) is 23.8. The van der Waals surface area contributed by atoms with Crippen molar-refractivity contribution in [2.24, 2.45) is 0 Å². The van der Waals surface area contributed by atoms with Crippen molar-refractivity contribution >= 4 is 0 Å². The fourth-order valence-electron chi connectivity index (χ4n) is 5.15. The molecular formula is C34H37NO7. The van der Waals surface area contributed by atoms with Crippen LogP contribution in [0.4, 0.5) is 0 Å². The van der Waals surface area contributed by atoms with Crippen LogP contribution in [0.15, 0.2) is 102 Å². The summed E-state index contributed by atoms with van der Waals surface area (Å²) in [6.45, 7) is 1.59. The molecule has 1 saturated heterocycles. The fraction of sp³-hybridized carbons (Fsp3) is 0.324. The van der Waals surface area contributed by atoms with Crippen molar-refractivity contribution in [3.8, 4) is 11.5 Å². The number of nitrogens with zero attached hydrogens (tertiary/aromatic N) is 1. The average molecular weight is 572 g/mol. The first-order chi connectivity index (χ1) is 20.6. The summed E-state index contributed by atoms with van der Waals surface area (Å²) >= 11 is 0. The average Bonchev–Trinajstić information content (AvgIpc) is 3.04. The van der Waals surface area contributed by atoms with Gasteiger partial charge in [0.2, 0.25) is 5.79 Å². The van der Waals surface area contributed by atoms with Crippen molar-refractivity contribution in [3.63, 3.8) is 0 Å². The summed E-state index contributed by atoms with van der Waals surface area (Å²) in [6, 6.07) is 28.5. The normalized spacial score (nSPS) is 18.5. The van der Waals surface area contributed by atoms with E-state index in [4.69, 9.17) is 23.7 Å². The van der Waals surface area contributed by atoms with Crippen molar-refractivity contribution in [2.75, 3.05) is 20.3 Å². The second-order valence-electron chi connectivity index (χ2n) is 10.1. The zero-order valence-corrected chi connectivity index (χ0v) is 23.8. The van der Waals surface area contributed by atoms with Crippen LogP contribution in [0.25, 0.3) is 0 Å². The minimum atomic E-state index is -1.28. The van der Waals surface area contributed by atoms with Gasteiger partial charge in [-0.2, -0.15) is 0 Å². The van der Waals surface area contributed by atoms with E-state index in [2.05, 4.69) is 0 Å². The lowest BCUT2D eigenvalue weighted by molar-refractivity contribution is -0.326.